The Kier molecular flexibility index (Phi) is 5.32. The van der Waals surface area contributed by atoms with E-state index in [4.69, 9.17) is 10.8 Å². The summed E-state index contributed by atoms with van der Waals surface area (Å²) in [7, 11) is 0. The summed E-state index contributed by atoms with van der Waals surface area (Å²) in [5.41, 5.74) is 6.73. The van der Waals surface area contributed by atoms with Crippen LogP contribution in [0.1, 0.15) is 57.7 Å². The number of hydrogen-bond acceptors (Lipinski definition) is 4. The molecular formula is C15H25N3O2S. The molecule has 1 aliphatic rings. The number of aliphatic carboxylic acids is 1. The first-order valence-electron chi connectivity index (χ1n) is 7.56. The maximum Gasteiger partial charge on any atom is 0.321 e. The molecule has 3 N–H and O–H groups in total. The van der Waals surface area contributed by atoms with Crippen LogP contribution < -0.4 is 5.73 Å². The van der Waals surface area contributed by atoms with E-state index in [2.05, 4.69) is 16.0 Å². The van der Waals surface area contributed by atoms with Crippen molar-refractivity contribution in [2.24, 2.45) is 5.73 Å². The molecule has 0 radical (unpaired) electrons. The lowest BCUT2D eigenvalue weighted by molar-refractivity contribution is -0.139. The largest absolute Gasteiger partial charge is 0.480 e. The van der Waals surface area contributed by atoms with Gasteiger partial charge in [0.2, 0.25) is 0 Å². The Balaban J connectivity index is 1.92. The van der Waals surface area contributed by atoms with Crippen molar-refractivity contribution in [2.45, 2.75) is 68.5 Å². The number of nitrogens with zero attached hydrogens (tertiary/aromatic N) is 2. The van der Waals surface area contributed by atoms with Crippen LogP contribution in [-0.2, 0) is 10.5 Å². The van der Waals surface area contributed by atoms with E-state index in [1.54, 1.807) is 11.8 Å². The van der Waals surface area contributed by atoms with Gasteiger partial charge in [-0.25, -0.2) is 0 Å². The van der Waals surface area contributed by atoms with Crippen LogP contribution in [0.2, 0.25) is 0 Å². The van der Waals surface area contributed by atoms with Crippen molar-refractivity contribution in [1.29, 1.82) is 0 Å². The van der Waals surface area contributed by atoms with Crippen LogP contribution in [0.25, 0.3) is 0 Å². The second kappa shape index (κ2) is 6.83. The number of aromatic nitrogens is 2. The molecule has 0 bridgehead atoms. The van der Waals surface area contributed by atoms with Gasteiger partial charge < -0.3 is 10.8 Å². The summed E-state index contributed by atoms with van der Waals surface area (Å²) >= 11 is 1.55. The second-order valence-electron chi connectivity index (χ2n) is 6.29. The molecule has 5 nitrogen and oxygen atoms in total. The molecule has 1 aromatic heterocycles. The van der Waals surface area contributed by atoms with Crippen molar-refractivity contribution in [2.75, 3.05) is 0 Å². The number of nitrogens with two attached hydrogens (primary N) is 1. The van der Waals surface area contributed by atoms with Gasteiger partial charge in [0.1, 0.15) is 6.04 Å². The lowest BCUT2D eigenvalue weighted by Gasteiger charge is -2.27. The van der Waals surface area contributed by atoms with Crippen LogP contribution in [0.5, 0.6) is 0 Å². The molecule has 1 fully saturated rings. The van der Waals surface area contributed by atoms with E-state index in [1.807, 2.05) is 19.9 Å². The van der Waals surface area contributed by atoms with E-state index in [1.165, 1.54) is 32.1 Å². The third-order valence-electron chi connectivity index (χ3n) is 4.22. The zero-order chi connectivity index (χ0) is 15.5. The van der Waals surface area contributed by atoms with Crippen molar-refractivity contribution >= 4 is 17.7 Å². The highest BCUT2D eigenvalue weighted by Gasteiger charge is 2.32. The fourth-order valence-corrected chi connectivity index (χ4v) is 3.60. The average Bonchev–Trinajstić information content (AvgIpc) is 2.94. The summed E-state index contributed by atoms with van der Waals surface area (Å²) in [6.07, 6.45) is 8.38. The topological polar surface area (TPSA) is 81.1 Å². The third-order valence-corrected chi connectivity index (χ3v) is 5.66. The first-order chi connectivity index (χ1) is 9.90. The van der Waals surface area contributed by atoms with Gasteiger partial charge in [-0.1, -0.05) is 19.3 Å². The van der Waals surface area contributed by atoms with Gasteiger partial charge in [-0.05, 0) is 32.8 Å². The van der Waals surface area contributed by atoms with E-state index >= 15 is 0 Å². The molecule has 6 heteroatoms. The number of rotatable bonds is 6. The second-order valence-corrected chi connectivity index (χ2v) is 7.92. The SMILES string of the molecule is CC(C)(SCc1ccn(C2CCCCC2)n1)[C@H](N)C(=O)O. The molecule has 0 aromatic carbocycles. The van der Waals surface area contributed by atoms with Crippen molar-refractivity contribution in [3.05, 3.63) is 18.0 Å². The van der Waals surface area contributed by atoms with E-state index in [-0.39, 0.29) is 0 Å². The van der Waals surface area contributed by atoms with Crippen LogP contribution in [0.3, 0.4) is 0 Å². The molecule has 0 spiro atoms. The van der Waals surface area contributed by atoms with Crippen LogP contribution >= 0.6 is 11.8 Å². The number of carbonyl (C=O) groups is 1. The van der Waals surface area contributed by atoms with Gasteiger partial charge in [0, 0.05) is 16.7 Å². The maximum absolute atomic E-state index is 11.0. The number of thioether (sulfide) groups is 1. The third kappa shape index (κ3) is 4.23. The van der Waals surface area contributed by atoms with Gasteiger partial charge in [0.05, 0.1) is 11.7 Å². The minimum Gasteiger partial charge on any atom is -0.480 e. The molecule has 0 aliphatic heterocycles. The Morgan fingerprint density at radius 1 is 1.52 bits per heavy atom. The standard InChI is InChI=1S/C15H25N3O2S/c1-15(2,13(16)14(19)20)21-10-11-8-9-18(17-11)12-6-4-3-5-7-12/h8-9,12-13H,3-7,10,16H2,1-2H3,(H,19,20)/t13-/m1/s1. The zero-order valence-electron chi connectivity index (χ0n) is 12.8. The number of hydrogen-bond donors (Lipinski definition) is 2. The fourth-order valence-electron chi connectivity index (χ4n) is 2.65. The maximum atomic E-state index is 11.0. The lowest BCUT2D eigenvalue weighted by Crippen LogP contribution is -2.46. The van der Waals surface area contributed by atoms with Crippen LogP contribution in [-0.4, -0.2) is 31.6 Å². The summed E-state index contributed by atoms with van der Waals surface area (Å²) < 4.78 is 1.57. The van der Waals surface area contributed by atoms with Gasteiger partial charge >= 0.3 is 5.97 Å². The van der Waals surface area contributed by atoms with Gasteiger partial charge in [-0.3, -0.25) is 9.48 Å². The number of carboxylic acid groups (broad SMARTS) is 1. The molecule has 0 saturated heterocycles. The summed E-state index contributed by atoms with van der Waals surface area (Å²) in [6, 6.07) is 1.69. The van der Waals surface area contributed by atoms with E-state index in [9.17, 15) is 4.79 Å². The predicted octanol–water partition coefficient (Wildman–Crippen LogP) is 2.81. The summed E-state index contributed by atoms with van der Waals surface area (Å²) in [5, 5.41) is 13.7. The van der Waals surface area contributed by atoms with Crippen LogP contribution in [0.4, 0.5) is 0 Å². The Labute approximate surface area is 130 Å². The van der Waals surface area contributed by atoms with Crippen molar-refractivity contribution in [3.63, 3.8) is 0 Å². The molecule has 1 atom stereocenters. The Morgan fingerprint density at radius 3 is 2.81 bits per heavy atom. The van der Waals surface area contributed by atoms with Gasteiger partial charge in [-0.15, -0.1) is 11.8 Å². The van der Waals surface area contributed by atoms with Crippen molar-refractivity contribution < 1.29 is 9.90 Å². The van der Waals surface area contributed by atoms with Gasteiger partial charge in [0.25, 0.3) is 0 Å². The molecule has 1 aromatic rings. The zero-order valence-corrected chi connectivity index (χ0v) is 13.6. The van der Waals surface area contributed by atoms with Crippen molar-refractivity contribution in [3.8, 4) is 0 Å². The Hall–Kier alpha value is -1.01. The van der Waals surface area contributed by atoms with Crippen LogP contribution in [0.15, 0.2) is 12.3 Å². The van der Waals surface area contributed by atoms with Gasteiger partial charge in [-0.2, -0.15) is 5.10 Å². The number of carboxylic acids is 1. The van der Waals surface area contributed by atoms with E-state index in [0.29, 0.717) is 11.8 Å². The molecule has 0 amide bonds. The summed E-state index contributed by atoms with van der Waals surface area (Å²) in [6.45, 7) is 3.74. The first-order valence-corrected chi connectivity index (χ1v) is 8.55. The minimum absolute atomic E-state index is 0.513. The quantitative estimate of drug-likeness (QED) is 0.844. The van der Waals surface area contributed by atoms with Crippen molar-refractivity contribution in [1.82, 2.24) is 9.78 Å². The smallest absolute Gasteiger partial charge is 0.321 e. The summed E-state index contributed by atoms with van der Waals surface area (Å²) in [4.78, 5) is 11.0. The molecule has 2 rings (SSSR count). The Bertz CT molecular complexity index is 481. The highest BCUT2D eigenvalue weighted by molar-refractivity contribution is 7.99. The highest BCUT2D eigenvalue weighted by Crippen LogP contribution is 2.31. The van der Waals surface area contributed by atoms with Gasteiger partial charge in [0.15, 0.2) is 0 Å². The summed E-state index contributed by atoms with van der Waals surface area (Å²) in [5.74, 6) is -0.270. The highest BCUT2D eigenvalue weighted by atomic mass is 32.2. The molecule has 0 unspecified atom stereocenters. The normalized spacial score (nSPS) is 18.6. The average molecular weight is 311 g/mol. The fraction of sp³-hybridized carbons (Fsp3) is 0.733. The molecule has 1 saturated carbocycles. The molecule has 1 aliphatic carbocycles. The first kappa shape index (κ1) is 16.4. The molecular weight excluding hydrogens is 286 g/mol. The molecule has 1 heterocycles. The minimum atomic E-state index is -0.958. The monoisotopic (exact) mass is 311 g/mol. The van der Waals surface area contributed by atoms with Crippen LogP contribution in [0, 0.1) is 0 Å². The molecule has 21 heavy (non-hydrogen) atoms. The lowest BCUT2D eigenvalue weighted by atomic mass is 9.96. The van der Waals surface area contributed by atoms with E-state index < -0.39 is 16.8 Å². The Morgan fingerprint density at radius 2 is 2.19 bits per heavy atom. The molecule has 118 valence electrons. The predicted molar refractivity (Wildman–Crippen MR) is 85.3 cm³/mol. The van der Waals surface area contributed by atoms with E-state index in [0.717, 1.165) is 5.69 Å².